The van der Waals surface area contributed by atoms with Crippen LogP contribution in [0.15, 0.2) is 40.1 Å². The van der Waals surface area contributed by atoms with Gasteiger partial charge in [0, 0.05) is 24.4 Å². The minimum absolute atomic E-state index is 0.0292. The monoisotopic (exact) mass is 280 g/mol. The molecular weight excluding hydrogens is 266 g/mol. The molecule has 1 heterocycles. The number of rotatable bonds is 4. The van der Waals surface area contributed by atoms with Crippen molar-refractivity contribution in [2.75, 3.05) is 0 Å². The second-order valence-corrected chi connectivity index (χ2v) is 4.43. The van der Waals surface area contributed by atoms with Gasteiger partial charge in [0.05, 0.1) is 6.54 Å². The van der Waals surface area contributed by atoms with Gasteiger partial charge < -0.3 is 4.57 Å². The molecule has 0 aliphatic heterocycles. The first kappa shape index (κ1) is 14.2. The van der Waals surface area contributed by atoms with Crippen LogP contribution in [0.25, 0.3) is 0 Å². The first-order valence-electron chi connectivity index (χ1n) is 6.27. The van der Waals surface area contributed by atoms with Gasteiger partial charge in [-0.05, 0) is 12.5 Å². The lowest BCUT2D eigenvalue weighted by Gasteiger charge is -2.09. The van der Waals surface area contributed by atoms with Crippen molar-refractivity contribution in [3.05, 3.63) is 68.5 Å². The molecule has 0 fully saturated rings. The van der Waals surface area contributed by atoms with Crippen LogP contribution < -0.4 is 11.2 Å². The summed E-state index contributed by atoms with van der Waals surface area (Å²) in [5, 5.41) is 0. The molecule has 0 aliphatic rings. The molecule has 0 aliphatic carbocycles. The highest BCUT2D eigenvalue weighted by Crippen LogP contribution is 2.11. The maximum Gasteiger partial charge on any atom is 0.331 e. The van der Waals surface area contributed by atoms with Gasteiger partial charge in [-0.15, -0.1) is 0 Å². The zero-order chi connectivity index (χ0) is 14.7. The Morgan fingerprint density at radius 1 is 1.15 bits per heavy atom. The fourth-order valence-electron chi connectivity index (χ4n) is 1.95. The zero-order valence-electron chi connectivity index (χ0n) is 11.0. The van der Waals surface area contributed by atoms with E-state index >= 15 is 0 Å². The molecule has 0 amide bonds. The van der Waals surface area contributed by atoms with Gasteiger partial charge in [-0.2, -0.15) is 0 Å². The molecule has 106 valence electrons. The Hall–Kier alpha value is -2.24. The molecule has 1 aromatic carbocycles. The highest BCUT2D eigenvalue weighted by molar-refractivity contribution is 5.19. The second kappa shape index (κ2) is 5.81. The predicted molar refractivity (Wildman–Crippen MR) is 70.7 cm³/mol. The van der Waals surface area contributed by atoms with E-state index in [1.807, 2.05) is 6.92 Å². The zero-order valence-corrected chi connectivity index (χ0v) is 11.0. The molecule has 2 aromatic rings. The van der Waals surface area contributed by atoms with Crippen LogP contribution in [-0.4, -0.2) is 9.13 Å². The van der Waals surface area contributed by atoms with E-state index in [9.17, 15) is 18.4 Å². The first-order chi connectivity index (χ1) is 9.54. The molecule has 1 aromatic heterocycles. The number of aryl methyl sites for hydroxylation is 1. The van der Waals surface area contributed by atoms with Crippen molar-refractivity contribution in [3.8, 4) is 0 Å². The largest absolute Gasteiger partial charge is 0.331 e. The molecule has 0 bridgehead atoms. The van der Waals surface area contributed by atoms with E-state index in [1.54, 1.807) is 0 Å². The Kier molecular flexibility index (Phi) is 4.12. The Bertz CT molecular complexity index is 735. The van der Waals surface area contributed by atoms with Crippen molar-refractivity contribution in [2.24, 2.45) is 0 Å². The van der Waals surface area contributed by atoms with Gasteiger partial charge >= 0.3 is 5.69 Å². The van der Waals surface area contributed by atoms with Gasteiger partial charge in [-0.3, -0.25) is 9.36 Å². The van der Waals surface area contributed by atoms with Crippen LogP contribution in [0.3, 0.4) is 0 Å². The van der Waals surface area contributed by atoms with E-state index in [4.69, 9.17) is 0 Å². The number of halogens is 2. The van der Waals surface area contributed by atoms with Gasteiger partial charge in [0.15, 0.2) is 11.6 Å². The lowest BCUT2D eigenvalue weighted by atomic mass is 10.2. The Morgan fingerprint density at radius 3 is 2.60 bits per heavy atom. The average Bonchev–Trinajstić information content (AvgIpc) is 2.42. The Labute approximate surface area is 113 Å². The van der Waals surface area contributed by atoms with Crippen molar-refractivity contribution in [3.63, 3.8) is 0 Å². The molecule has 4 nitrogen and oxygen atoms in total. The topological polar surface area (TPSA) is 44.0 Å². The Balaban J connectivity index is 2.48. The highest BCUT2D eigenvalue weighted by atomic mass is 19.2. The summed E-state index contributed by atoms with van der Waals surface area (Å²) in [5.74, 6) is -2.04. The van der Waals surface area contributed by atoms with Gasteiger partial charge in [-0.25, -0.2) is 13.6 Å². The summed E-state index contributed by atoms with van der Waals surface area (Å²) in [6.45, 7) is 2.07. The summed E-state index contributed by atoms with van der Waals surface area (Å²) in [4.78, 5) is 23.8. The number of aromatic nitrogens is 2. The lowest BCUT2D eigenvalue weighted by molar-refractivity contribution is 0.489. The fraction of sp³-hybridized carbons (Fsp3) is 0.286. The van der Waals surface area contributed by atoms with Crippen LogP contribution >= 0.6 is 0 Å². The number of nitrogens with zero attached hydrogens (tertiary/aromatic N) is 2. The Morgan fingerprint density at radius 2 is 1.90 bits per heavy atom. The van der Waals surface area contributed by atoms with Crippen LogP contribution in [-0.2, 0) is 13.1 Å². The van der Waals surface area contributed by atoms with E-state index in [1.165, 1.54) is 29.0 Å². The number of benzene rings is 1. The van der Waals surface area contributed by atoms with Crippen molar-refractivity contribution < 1.29 is 8.78 Å². The predicted octanol–water partition coefficient (Wildman–Crippen LogP) is 1.75. The molecule has 2 rings (SSSR count). The summed E-state index contributed by atoms with van der Waals surface area (Å²) in [6.07, 6.45) is 2.14. The van der Waals surface area contributed by atoms with E-state index in [2.05, 4.69) is 0 Å². The minimum Gasteiger partial charge on any atom is -0.300 e. The van der Waals surface area contributed by atoms with E-state index < -0.39 is 22.9 Å². The minimum atomic E-state index is -1.04. The van der Waals surface area contributed by atoms with Gasteiger partial charge in [0.2, 0.25) is 0 Å². The summed E-state index contributed by atoms with van der Waals surface area (Å²) >= 11 is 0. The molecule has 0 saturated heterocycles. The smallest absolute Gasteiger partial charge is 0.300 e. The quantitative estimate of drug-likeness (QED) is 0.856. The maximum absolute atomic E-state index is 13.6. The van der Waals surface area contributed by atoms with Crippen LogP contribution in [0, 0.1) is 11.6 Å². The van der Waals surface area contributed by atoms with Crippen molar-refractivity contribution in [1.82, 2.24) is 9.13 Å². The van der Waals surface area contributed by atoms with E-state index in [0.29, 0.717) is 6.54 Å². The molecule has 0 spiro atoms. The van der Waals surface area contributed by atoms with Crippen LogP contribution in [0.2, 0.25) is 0 Å². The SMILES string of the molecule is CCCn1ccc(=O)n(Cc2cccc(F)c2F)c1=O. The van der Waals surface area contributed by atoms with E-state index in [0.717, 1.165) is 17.1 Å². The molecule has 0 saturated carbocycles. The molecular formula is C14H14F2N2O2. The van der Waals surface area contributed by atoms with Crippen molar-refractivity contribution in [2.45, 2.75) is 26.4 Å². The third-order valence-corrected chi connectivity index (χ3v) is 2.96. The third kappa shape index (κ3) is 2.68. The third-order valence-electron chi connectivity index (χ3n) is 2.96. The van der Waals surface area contributed by atoms with Gasteiger partial charge in [-0.1, -0.05) is 19.1 Å². The first-order valence-corrected chi connectivity index (χ1v) is 6.27. The molecule has 0 radical (unpaired) electrons. The average molecular weight is 280 g/mol. The fourth-order valence-corrected chi connectivity index (χ4v) is 1.95. The number of hydrogen-bond donors (Lipinski definition) is 0. The molecule has 0 N–H and O–H groups in total. The number of hydrogen-bond acceptors (Lipinski definition) is 2. The molecule has 6 heteroatoms. The normalized spacial score (nSPS) is 10.8. The van der Waals surface area contributed by atoms with E-state index in [-0.39, 0.29) is 12.1 Å². The van der Waals surface area contributed by atoms with Crippen LogP contribution in [0.5, 0.6) is 0 Å². The highest BCUT2D eigenvalue weighted by Gasteiger charge is 2.11. The second-order valence-electron chi connectivity index (χ2n) is 4.43. The summed E-state index contributed by atoms with van der Waals surface area (Å²) in [6, 6.07) is 4.92. The lowest BCUT2D eigenvalue weighted by Crippen LogP contribution is -2.39. The molecule has 20 heavy (non-hydrogen) atoms. The van der Waals surface area contributed by atoms with Crippen LogP contribution in [0.1, 0.15) is 18.9 Å². The van der Waals surface area contributed by atoms with Crippen LogP contribution in [0.4, 0.5) is 8.78 Å². The summed E-state index contributed by atoms with van der Waals surface area (Å²) < 4.78 is 29.0. The summed E-state index contributed by atoms with van der Waals surface area (Å²) in [5.41, 5.74) is -1.09. The maximum atomic E-state index is 13.6. The van der Waals surface area contributed by atoms with Gasteiger partial charge in [0.1, 0.15) is 0 Å². The molecule has 0 atom stereocenters. The van der Waals surface area contributed by atoms with Gasteiger partial charge in [0.25, 0.3) is 5.56 Å². The van der Waals surface area contributed by atoms with Crippen molar-refractivity contribution >= 4 is 0 Å². The molecule has 0 unspecified atom stereocenters. The standard InChI is InChI=1S/C14H14F2N2O2/c1-2-7-17-8-6-12(19)18(14(17)20)9-10-4-3-5-11(15)13(10)16/h3-6,8H,2,7,9H2,1H3. The summed E-state index contributed by atoms with van der Waals surface area (Å²) in [7, 11) is 0. The van der Waals surface area contributed by atoms with Crippen molar-refractivity contribution in [1.29, 1.82) is 0 Å².